The van der Waals surface area contributed by atoms with Gasteiger partial charge >= 0.3 is 0 Å². The van der Waals surface area contributed by atoms with Crippen molar-refractivity contribution >= 4 is 5.91 Å². The predicted molar refractivity (Wildman–Crippen MR) is 83.1 cm³/mol. The highest BCUT2D eigenvalue weighted by molar-refractivity contribution is 5.77. The Kier molecular flexibility index (Phi) is 5.51. The van der Waals surface area contributed by atoms with E-state index in [-0.39, 0.29) is 11.8 Å². The van der Waals surface area contributed by atoms with Crippen molar-refractivity contribution in [3.63, 3.8) is 0 Å². The molecule has 0 aliphatic rings. The molecule has 2 rings (SSSR count). The molecular weight excluding hydrogens is 264 g/mol. The molecule has 5 nitrogen and oxygen atoms in total. The zero-order chi connectivity index (χ0) is 15.1. The van der Waals surface area contributed by atoms with Crippen LogP contribution in [0.5, 0.6) is 0 Å². The maximum atomic E-state index is 11.4. The molecule has 0 unspecified atom stereocenters. The van der Waals surface area contributed by atoms with E-state index in [9.17, 15) is 4.79 Å². The second kappa shape index (κ2) is 7.59. The molecule has 0 fully saturated rings. The maximum Gasteiger partial charge on any atom is 0.222 e. The van der Waals surface area contributed by atoms with Gasteiger partial charge < -0.3 is 10.6 Å². The van der Waals surface area contributed by atoms with E-state index in [4.69, 9.17) is 0 Å². The van der Waals surface area contributed by atoms with Gasteiger partial charge in [0.05, 0.1) is 5.69 Å². The number of benzene rings is 1. The largest absolute Gasteiger partial charge is 0.355 e. The van der Waals surface area contributed by atoms with Crippen LogP contribution in [-0.4, -0.2) is 28.8 Å². The lowest BCUT2D eigenvalue weighted by Crippen LogP contribution is -2.34. The first kappa shape index (κ1) is 15.3. The van der Waals surface area contributed by atoms with Gasteiger partial charge in [-0.2, -0.15) is 5.10 Å². The first-order valence-corrected chi connectivity index (χ1v) is 7.24. The molecule has 2 aromatic rings. The second-order valence-corrected chi connectivity index (χ2v) is 5.24. The van der Waals surface area contributed by atoms with E-state index in [1.807, 2.05) is 42.9 Å². The van der Waals surface area contributed by atoms with Gasteiger partial charge in [-0.05, 0) is 23.8 Å². The minimum atomic E-state index is 0.0415. The van der Waals surface area contributed by atoms with E-state index in [0.717, 1.165) is 18.8 Å². The Bertz CT molecular complexity index is 546. The lowest BCUT2D eigenvalue weighted by Gasteiger charge is -2.09. The molecule has 0 atom stereocenters. The fourth-order valence-corrected chi connectivity index (χ4v) is 1.90. The number of aromatic nitrogens is 2. The Morgan fingerprint density at radius 2 is 2.00 bits per heavy atom. The third-order valence-electron chi connectivity index (χ3n) is 3.16. The molecule has 1 aromatic heterocycles. The Hall–Kier alpha value is -2.14. The van der Waals surface area contributed by atoms with Crippen molar-refractivity contribution in [2.24, 2.45) is 5.92 Å². The summed E-state index contributed by atoms with van der Waals surface area (Å²) in [6.07, 6.45) is 3.69. The smallest absolute Gasteiger partial charge is 0.222 e. The van der Waals surface area contributed by atoms with Crippen LogP contribution in [0.15, 0.2) is 42.7 Å². The van der Waals surface area contributed by atoms with Crippen LogP contribution in [0.4, 0.5) is 0 Å². The van der Waals surface area contributed by atoms with E-state index >= 15 is 0 Å². The predicted octanol–water partition coefficient (Wildman–Crippen LogP) is 1.73. The number of carbonyl (C=O) groups excluding carboxylic acids is 1. The van der Waals surface area contributed by atoms with Crippen LogP contribution < -0.4 is 10.6 Å². The summed E-state index contributed by atoms with van der Waals surface area (Å²) < 4.78 is 1.83. The lowest BCUT2D eigenvalue weighted by molar-refractivity contribution is -0.123. The first-order chi connectivity index (χ1) is 10.2. The molecule has 1 heterocycles. The number of hydrogen-bond donors (Lipinski definition) is 2. The zero-order valence-corrected chi connectivity index (χ0v) is 12.5. The van der Waals surface area contributed by atoms with E-state index in [1.54, 1.807) is 6.20 Å². The molecule has 1 amide bonds. The molecule has 5 heteroatoms. The van der Waals surface area contributed by atoms with Crippen LogP contribution in [0.2, 0.25) is 0 Å². The number of nitrogens with zero attached hydrogens (tertiary/aromatic N) is 2. The van der Waals surface area contributed by atoms with Gasteiger partial charge in [0, 0.05) is 37.9 Å². The standard InChI is InChI=1S/C16H22N4O/c1-13(2)16(21)18-10-9-17-12-14-4-6-15(7-5-14)20-11-3-8-19-20/h3-8,11,13,17H,9-10,12H2,1-2H3,(H,18,21). The quantitative estimate of drug-likeness (QED) is 0.762. The van der Waals surface area contributed by atoms with Gasteiger partial charge in [0.1, 0.15) is 0 Å². The van der Waals surface area contributed by atoms with Gasteiger partial charge in [-0.1, -0.05) is 26.0 Å². The zero-order valence-electron chi connectivity index (χ0n) is 12.5. The van der Waals surface area contributed by atoms with Gasteiger partial charge in [0.25, 0.3) is 0 Å². The monoisotopic (exact) mass is 286 g/mol. The van der Waals surface area contributed by atoms with Gasteiger partial charge in [0.15, 0.2) is 0 Å². The summed E-state index contributed by atoms with van der Waals surface area (Å²) in [4.78, 5) is 11.4. The van der Waals surface area contributed by atoms with Crippen LogP contribution in [-0.2, 0) is 11.3 Å². The highest BCUT2D eigenvalue weighted by Gasteiger charge is 2.04. The summed E-state index contributed by atoms with van der Waals surface area (Å²) in [5.41, 5.74) is 2.26. The molecule has 21 heavy (non-hydrogen) atoms. The average Bonchev–Trinajstić information content (AvgIpc) is 3.01. The molecule has 0 bridgehead atoms. The van der Waals surface area contributed by atoms with Crippen LogP contribution in [0.3, 0.4) is 0 Å². The Morgan fingerprint density at radius 1 is 1.24 bits per heavy atom. The van der Waals surface area contributed by atoms with Gasteiger partial charge in [-0.3, -0.25) is 4.79 Å². The summed E-state index contributed by atoms with van der Waals surface area (Å²) in [5, 5.41) is 10.4. The van der Waals surface area contributed by atoms with E-state index < -0.39 is 0 Å². The van der Waals surface area contributed by atoms with Crippen molar-refractivity contribution < 1.29 is 4.79 Å². The summed E-state index contributed by atoms with van der Waals surface area (Å²) in [6, 6.07) is 10.2. The molecular formula is C16H22N4O. The van der Waals surface area contributed by atoms with E-state index in [2.05, 4.69) is 27.9 Å². The average molecular weight is 286 g/mol. The van der Waals surface area contributed by atoms with Crippen molar-refractivity contribution in [2.75, 3.05) is 13.1 Å². The van der Waals surface area contributed by atoms with Crippen LogP contribution >= 0.6 is 0 Å². The molecule has 1 aromatic carbocycles. The number of carbonyl (C=O) groups is 1. The van der Waals surface area contributed by atoms with Gasteiger partial charge in [-0.15, -0.1) is 0 Å². The summed E-state index contributed by atoms with van der Waals surface area (Å²) >= 11 is 0. The molecule has 0 spiro atoms. The van der Waals surface area contributed by atoms with Crippen molar-refractivity contribution in [3.05, 3.63) is 48.3 Å². The highest BCUT2D eigenvalue weighted by Crippen LogP contribution is 2.08. The summed E-state index contributed by atoms with van der Waals surface area (Å²) in [6.45, 7) is 5.99. The van der Waals surface area contributed by atoms with Crippen molar-refractivity contribution in [1.29, 1.82) is 0 Å². The van der Waals surface area contributed by atoms with Crippen molar-refractivity contribution in [2.45, 2.75) is 20.4 Å². The number of hydrogen-bond acceptors (Lipinski definition) is 3. The lowest BCUT2D eigenvalue weighted by atomic mass is 10.2. The van der Waals surface area contributed by atoms with E-state index in [0.29, 0.717) is 6.54 Å². The van der Waals surface area contributed by atoms with E-state index in [1.165, 1.54) is 5.56 Å². The van der Waals surface area contributed by atoms with Crippen molar-refractivity contribution in [1.82, 2.24) is 20.4 Å². The number of rotatable bonds is 7. The summed E-state index contributed by atoms with van der Waals surface area (Å²) in [7, 11) is 0. The normalized spacial score (nSPS) is 10.8. The van der Waals surface area contributed by atoms with Gasteiger partial charge in [-0.25, -0.2) is 4.68 Å². The third kappa shape index (κ3) is 4.72. The minimum Gasteiger partial charge on any atom is -0.355 e. The molecule has 0 radical (unpaired) electrons. The molecule has 0 aliphatic heterocycles. The fourth-order valence-electron chi connectivity index (χ4n) is 1.90. The molecule has 0 aliphatic carbocycles. The number of nitrogens with one attached hydrogen (secondary N) is 2. The molecule has 0 saturated carbocycles. The maximum absolute atomic E-state index is 11.4. The Balaban J connectivity index is 1.71. The first-order valence-electron chi connectivity index (χ1n) is 7.24. The topological polar surface area (TPSA) is 59.0 Å². The Labute approximate surface area is 125 Å². The Morgan fingerprint density at radius 3 is 2.62 bits per heavy atom. The third-order valence-corrected chi connectivity index (χ3v) is 3.16. The molecule has 112 valence electrons. The SMILES string of the molecule is CC(C)C(=O)NCCNCc1ccc(-n2cccn2)cc1. The summed E-state index contributed by atoms with van der Waals surface area (Å²) in [5.74, 6) is 0.139. The van der Waals surface area contributed by atoms with Crippen LogP contribution in [0.1, 0.15) is 19.4 Å². The highest BCUT2D eigenvalue weighted by atomic mass is 16.1. The second-order valence-electron chi connectivity index (χ2n) is 5.24. The fraction of sp³-hybridized carbons (Fsp3) is 0.375. The van der Waals surface area contributed by atoms with Crippen LogP contribution in [0, 0.1) is 5.92 Å². The molecule has 0 saturated heterocycles. The minimum absolute atomic E-state index is 0.0415. The number of amides is 1. The van der Waals surface area contributed by atoms with Crippen LogP contribution in [0.25, 0.3) is 5.69 Å². The molecule has 2 N–H and O–H groups in total. The van der Waals surface area contributed by atoms with Gasteiger partial charge in [0.2, 0.25) is 5.91 Å². The van der Waals surface area contributed by atoms with Crippen molar-refractivity contribution in [3.8, 4) is 5.69 Å².